The first-order valence-electron chi connectivity index (χ1n) is 18.6. The lowest BCUT2D eigenvalue weighted by Gasteiger charge is -2.30. The molecule has 4 atom stereocenters. The third kappa shape index (κ3) is 9.91. The van der Waals surface area contributed by atoms with E-state index in [0.29, 0.717) is 23.9 Å². The van der Waals surface area contributed by atoms with Crippen LogP contribution in [0.4, 0.5) is 9.59 Å². The molecular weight excluding hydrogens is 718 g/mol. The molecule has 2 aromatic heterocycles. The molecule has 2 aromatic carbocycles. The van der Waals surface area contributed by atoms with Crippen LogP contribution in [0.5, 0.6) is 0 Å². The zero-order valence-corrected chi connectivity index (χ0v) is 32.8. The maximum absolute atomic E-state index is 13.5. The lowest BCUT2D eigenvalue weighted by atomic mass is 10.0. The molecule has 4 aromatic rings. The van der Waals surface area contributed by atoms with Crippen molar-refractivity contribution >= 4 is 29.9 Å². The number of aromatic amines is 2. The molecule has 0 spiro atoms. The first-order valence-corrected chi connectivity index (χ1v) is 18.6. The number of ether oxygens (including phenoxy) is 2. The summed E-state index contributed by atoms with van der Waals surface area (Å²) in [4.78, 5) is 79.9. The minimum absolute atomic E-state index is 0.0828. The topological polar surface area (TPSA) is 213 Å². The lowest BCUT2D eigenvalue weighted by molar-refractivity contribution is -0.135. The Morgan fingerprint density at radius 3 is 1.80 bits per heavy atom. The van der Waals surface area contributed by atoms with Gasteiger partial charge in [0, 0.05) is 20.0 Å². The summed E-state index contributed by atoms with van der Waals surface area (Å²) in [5.41, 5.74) is 5.37. The Balaban J connectivity index is 1.26. The highest BCUT2D eigenvalue weighted by atomic mass is 16.5. The molecule has 298 valence electrons. The predicted molar refractivity (Wildman–Crippen MR) is 209 cm³/mol. The minimum atomic E-state index is -0.864. The normalized spacial score (nSPS) is 15.5. The number of alkyl carbamates (subject to hydrolysis) is 2. The zero-order valence-electron chi connectivity index (χ0n) is 32.8. The molecule has 3 heterocycles. The quantitative estimate of drug-likeness (QED) is 0.103. The molecule has 0 saturated carbocycles. The van der Waals surface area contributed by atoms with Crippen molar-refractivity contribution in [2.45, 2.75) is 71.6 Å². The van der Waals surface area contributed by atoms with E-state index in [1.54, 1.807) is 31.1 Å². The molecule has 56 heavy (non-hydrogen) atoms. The molecule has 6 N–H and O–H groups in total. The van der Waals surface area contributed by atoms with Gasteiger partial charge in [-0.2, -0.15) is 0 Å². The number of H-pyrrole nitrogens is 2. The Morgan fingerprint density at radius 2 is 1.27 bits per heavy atom. The van der Waals surface area contributed by atoms with E-state index < -0.39 is 36.2 Å². The first kappa shape index (κ1) is 41.0. The molecule has 0 bridgehead atoms. The summed E-state index contributed by atoms with van der Waals surface area (Å²) < 4.78 is 9.42. The fraction of sp³-hybridized carbons (Fsp3) is 0.425. The second-order valence-corrected chi connectivity index (χ2v) is 14.4. The van der Waals surface area contributed by atoms with Gasteiger partial charge in [-0.3, -0.25) is 14.4 Å². The summed E-state index contributed by atoms with van der Waals surface area (Å²) in [6, 6.07) is 13.6. The summed E-state index contributed by atoms with van der Waals surface area (Å²) in [5, 5.41) is 10.9. The van der Waals surface area contributed by atoms with Gasteiger partial charge in [-0.25, -0.2) is 19.6 Å². The number of hydrogen-bond donors (Lipinski definition) is 6. The van der Waals surface area contributed by atoms with Gasteiger partial charge in [-0.1, -0.05) is 76.2 Å². The monoisotopic (exact) mass is 769 g/mol. The number of likely N-dealkylation sites (tertiary alicyclic amines) is 1. The standard InChI is InChI=1S/C40H51N9O7/c1-22(2)33(47-39(53)55-6)37(51)46-31(21-41-24(5)50)35-42-19-29(44-35)27-14-10-25(11-15-27)26-12-16-28(17-13-26)30-20-43-36(45-30)32-9-8-18-49(32)38(52)34(23(3)4)48-40(54)56-7/h10-17,19-20,22-23,31-34H,8-9,18,21H2,1-7H3,(H,41,50)(H,42,44)(H,43,45)(H,46,51)(H,47,53)(H,48,54)/t31-,32-,33-,34-/m0/s1. The van der Waals surface area contributed by atoms with Crippen molar-refractivity contribution in [2.24, 2.45) is 11.8 Å². The van der Waals surface area contributed by atoms with Crippen molar-refractivity contribution in [3.05, 3.63) is 72.6 Å². The molecule has 0 unspecified atom stereocenters. The summed E-state index contributed by atoms with van der Waals surface area (Å²) in [6.45, 7) is 9.43. The van der Waals surface area contributed by atoms with E-state index in [0.717, 1.165) is 40.8 Å². The molecule has 1 saturated heterocycles. The Labute approximate surface area is 325 Å². The SMILES string of the molecule is COC(=O)N[C@H](C(=O)N[C@@H](CNC(C)=O)c1ncc(-c2ccc(-c3ccc(-c4cnc([C@@H]5CCCN5C(=O)[C@@H](NC(=O)OC)C(C)C)[nH]4)cc3)cc2)[nH]1)C(C)C. The largest absolute Gasteiger partial charge is 0.453 e. The highest BCUT2D eigenvalue weighted by Gasteiger charge is 2.37. The van der Waals surface area contributed by atoms with Crippen LogP contribution in [-0.2, 0) is 23.9 Å². The first-order chi connectivity index (χ1) is 26.8. The summed E-state index contributed by atoms with van der Waals surface area (Å²) in [7, 11) is 2.51. The molecule has 1 aliphatic heterocycles. The highest BCUT2D eigenvalue weighted by molar-refractivity contribution is 5.87. The van der Waals surface area contributed by atoms with Gasteiger partial charge >= 0.3 is 12.2 Å². The number of nitrogens with zero attached hydrogens (tertiary/aromatic N) is 3. The van der Waals surface area contributed by atoms with E-state index in [1.807, 2.05) is 62.4 Å². The second-order valence-electron chi connectivity index (χ2n) is 14.4. The van der Waals surface area contributed by atoms with Crippen LogP contribution >= 0.6 is 0 Å². The number of hydrogen-bond acceptors (Lipinski definition) is 9. The van der Waals surface area contributed by atoms with Crippen LogP contribution in [0.1, 0.15) is 71.2 Å². The van der Waals surface area contributed by atoms with E-state index >= 15 is 0 Å². The molecule has 5 amide bonds. The Hall–Kier alpha value is -6.19. The van der Waals surface area contributed by atoms with Crippen molar-refractivity contribution in [1.82, 2.24) is 46.1 Å². The number of benzene rings is 2. The molecule has 1 aliphatic rings. The summed E-state index contributed by atoms with van der Waals surface area (Å²) in [5.74, 6) is -0.0780. The zero-order chi connectivity index (χ0) is 40.5. The number of carbonyl (C=O) groups excluding carboxylic acids is 5. The van der Waals surface area contributed by atoms with Gasteiger partial charge < -0.3 is 45.6 Å². The number of imidazole rings is 2. The predicted octanol–water partition coefficient (Wildman–Crippen LogP) is 4.85. The molecule has 0 radical (unpaired) electrons. The van der Waals surface area contributed by atoms with Crippen molar-refractivity contribution in [3.63, 3.8) is 0 Å². The van der Waals surface area contributed by atoms with Crippen LogP contribution in [-0.4, -0.2) is 94.1 Å². The van der Waals surface area contributed by atoms with Crippen LogP contribution in [0.25, 0.3) is 33.6 Å². The van der Waals surface area contributed by atoms with Crippen LogP contribution < -0.4 is 21.3 Å². The van der Waals surface area contributed by atoms with Gasteiger partial charge in [0.15, 0.2) is 0 Å². The van der Waals surface area contributed by atoms with Crippen molar-refractivity contribution in [3.8, 4) is 33.6 Å². The number of nitrogens with one attached hydrogen (secondary N) is 6. The molecular formula is C40H51N9O7. The van der Waals surface area contributed by atoms with Crippen LogP contribution in [0.3, 0.4) is 0 Å². The third-order valence-corrected chi connectivity index (χ3v) is 9.77. The third-order valence-electron chi connectivity index (χ3n) is 9.77. The molecule has 16 nitrogen and oxygen atoms in total. The fourth-order valence-electron chi connectivity index (χ4n) is 6.63. The lowest BCUT2D eigenvalue weighted by Crippen LogP contribution is -2.51. The molecule has 1 fully saturated rings. The van der Waals surface area contributed by atoms with E-state index in [2.05, 4.69) is 45.9 Å². The summed E-state index contributed by atoms with van der Waals surface area (Å²) >= 11 is 0. The maximum atomic E-state index is 13.5. The van der Waals surface area contributed by atoms with Gasteiger partial charge in [-0.15, -0.1) is 0 Å². The molecule has 16 heteroatoms. The van der Waals surface area contributed by atoms with Gasteiger partial charge in [0.05, 0.1) is 44.0 Å². The Bertz CT molecular complexity index is 1990. The van der Waals surface area contributed by atoms with E-state index in [1.165, 1.54) is 21.1 Å². The summed E-state index contributed by atoms with van der Waals surface area (Å²) in [6.07, 6.45) is 3.68. The molecule has 0 aliphatic carbocycles. The smallest absolute Gasteiger partial charge is 0.407 e. The van der Waals surface area contributed by atoms with Crippen molar-refractivity contribution < 1.29 is 33.4 Å². The van der Waals surface area contributed by atoms with Crippen molar-refractivity contribution in [2.75, 3.05) is 27.3 Å². The Morgan fingerprint density at radius 1 is 0.750 bits per heavy atom. The number of methoxy groups -OCH3 is 2. The average molecular weight is 770 g/mol. The van der Waals surface area contributed by atoms with Crippen LogP contribution in [0.15, 0.2) is 60.9 Å². The van der Waals surface area contributed by atoms with E-state index in [4.69, 9.17) is 4.74 Å². The second kappa shape index (κ2) is 18.4. The number of aromatic nitrogens is 4. The highest BCUT2D eigenvalue weighted by Crippen LogP contribution is 2.33. The van der Waals surface area contributed by atoms with Crippen LogP contribution in [0.2, 0.25) is 0 Å². The maximum Gasteiger partial charge on any atom is 0.407 e. The van der Waals surface area contributed by atoms with Gasteiger partial charge in [0.1, 0.15) is 29.8 Å². The van der Waals surface area contributed by atoms with Gasteiger partial charge in [0.25, 0.3) is 0 Å². The van der Waals surface area contributed by atoms with Gasteiger partial charge in [-0.05, 0) is 46.9 Å². The number of rotatable bonds is 14. The number of amides is 5. The number of carbonyl (C=O) groups is 5. The Kier molecular flexibility index (Phi) is 13.5. The van der Waals surface area contributed by atoms with E-state index in [9.17, 15) is 24.0 Å². The average Bonchev–Trinajstić information content (AvgIpc) is 3.99. The van der Waals surface area contributed by atoms with Crippen LogP contribution in [0, 0.1) is 11.8 Å². The van der Waals surface area contributed by atoms with Crippen molar-refractivity contribution in [1.29, 1.82) is 0 Å². The fourth-order valence-corrected chi connectivity index (χ4v) is 6.63. The van der Waals surface area contributed by atoms with Gasteiger partial charge in [0.2, 0.25) is 17.7 Å². The van der Waals surface area contributed by atoms with E-state index in [-0.39, 0.29) is 36.2 Å². The molecule has 5 rings (SSSR count). The minimum Gasteiger partial charge on any atom is -0.453 e.